The van der Waals surface area contributed by atoms with Gasteiger partial charge >= 0.3 is 0 Å². The number of piperidine rings is 1. The van der Waals surface area contributed by atoms with Gasteiger partial charge in [-0.2, -0.15) is 5.10 Å². The molecule has 0 N–H and O–H groups in total. The van der Waals surface area contributed by atoms with Crippen LogP contribution >= 0.6 is 0 Å². The quantitative estimate of drug-likeness (QED) is 0.740. The van der Waals surface area contributed by atoms with Crippen LogP contribution in [0.4, 0.5) is 5.82 Å². The average Bonchev–Trinajstić information content (AvgIpc) is 3.08. The predicted octanol–water partition coefficient (Wildman–Crippen LogP) is 2.14. The van der Waals surface area contributed by atoms with Gasteiger partial charge in [0.2, 0.25) is 0 Å². The van der Waals surface area contributed by atoms with Crippen molar-refractivity contribution in [1.82, 2.24) is 24.7 Å². The SMILES string of the molecule is c1cnn(CC2CCN(c3ccc4nccnc4n3)CC2)c1. The van der Waals surface area contributed by atoms with Crippen LogP contribution in [0.3, 0.4) is 0 Å². The number of pyridine rings is 1. The first-order valence-electron chi connectivity index (χ1n) is 7.68. The van der Waals surface area contributed by atoms with Crippen LogP contribution in [0.15, 0.2) is 43.0 Å². The van der Waals surface area contributed by atoms with Gasteiger partial charge in [0.1, 0.15) is 11.3 Å². The van der Waals surface area contributed by atoms with Crippen molar-refractivity contribution in [2.45, 2.75) is 19.4 Å². The number of nitrogens with zero attached hydrogens (tertiary/aromatic N) is 6. The zero-order valence-corrected chi connectivity index (χ0v) is 12.3. The summed E-state index contributed by atoms with van der Waals surface area (Å²) < 4.78 is 2.03. The minimum absolute atomic E-state index is 0.691. The molecule has 0 unspecified atom stereocenters. The third-order valence-corrected chi connectivity index (χ3v) is 4.26. The van der Waals surface area contributed by atoms with E-state index < -0.39 is 0 Å². The second kappa shape index (κ2) is 5.71. The topological polar surface area (TPSA) is 59.7 Å². The molecule has 0 bridgehead atoms. The summed E-state index contributed by atoms with van der Waals surface area (Å²) in [5.74, 6) is 1.70. The van der Waals surface area contributed by atoms with Crippen LogP contribution in [0.5, 0.6) is 0 Å². The summed E-state index contributed by atoms with van der Waals surface area (Å²) in [6.07, 6.45) is 9.60. The first-order valence-corrected chi connectivity index (χ1v) is 7.68. The third-order valence-electron chi connectivity index (χ3n) is 4.26. The summed E-state index contributed by atoms with van der Waals surface area (Å²) >= 11 is 0. The largest absolute Gasteiger partial charge is 0.357 e. The molecule has 4 rings (SSSR count). The van der Waals surface area contributed by atoms with Crippen LogP contribution in [0, 0.1) is 5.92 Å². The average molecular weight is 294 g/mol. The first kappa shape index (κ1) is 13.2. The van der Waals surface area contributed by atoms with Crippen molar-refractivity contribution >= 4 is 17.0 Å². The van der Waals surface area contributed by atoms with Crippen LogP contribution in [0.2, 0.25) is 0 Å². The Labute approximate surface area is 128 Å². The Balaban J connectivity index is 1.43. The predicted molar refractivity (Wildman–Crippen MR) is 84.5 cm³/mol. The van der Waals surface area contributed by atoms with Gasteiger partial charge in [-0.3, -0.25) is 9.67 Å². The summed E-state index contributed by atoms with van der Waals surface area (Å²) in [6, 6.07) is 6.03. The molecule has 1 aliphatic rings. The lowest BCUT2D eigenvalue weighted by molar-refractivity contribution is 0.341. The molecule has 0 spiro atoms. The lowest BCUT2D eigenvalue weighted by Crippen LogP contribution is -2.35. The zero-order valence-electron chi connectivity index (χ0n) is 12.3. The fourth-order valence-corrected chi connectivity index (χ4v) is 3.04. The molecule has 112 valence electrons. The van der Waals surface area contributed by atoms with Gasteiger partial charge in [0.25, 0.3) is 0 Å². The molecule has 4 heterocycles. The van der Waals surface area contributed by atoms with Crippen molar-refractivity contribution < 1.29 is 0 Å². The summed E-state index contributed by atoms with van der Waals surface area (Å²) in [5.41, 5.74) is 1.57. The molecule has 6 nitrogen and oxygen atoms in total. The lowest BCUT2D eigenvalue weighted by Gasteiger charge is -2.32. The van der Waals surface area contributed by atoms with E-state index in [1.54, 1.807) is 12.4 Å². The fraction of sp³-hybridized carbons (Fsp3) is 0.375. The molecular formula is C16H18N6. The van der Waals surface area contributed by atoms with Crippen molar-refractivity contribution in [2.24, 2.45) is 5.92 Å². The van der Waals surface area contributed by atoms with Crippen LogP contribution in [-0.2, 0) is 6.54 Å². The van der Waals surface area contributed by atoms with Gasteiger partial charge in [0.15, 0.2) is 5.65 Å². The van der Waals surface area contributed by atoms with Crippen LogP contribution in [-0.4, -0.2) is 37.8 Å². The highest BCUT2D eigenvalue weighted by atomic mass is 15.3. The molecule has 0 aliphatic carbocycles. The van der Waals surface area contributed by atoms with Gasteiger partial charge in [-0.1, -0.05) is 0 Å². The van der Waals surface area contributed by atoms with E-state index in [1.807, 2.05) is 35.3 Å². The molecule has 0 atom stereocenters. The molecule has 0 amide bonds. The van der Waals surface area contributed by atoms with E-state index in [4.69, 9.17) is 0 Å². The van der Waals surface area contributed by atoms with Crippen LogP contribution < -0.4 is 4.90 Å². The zero-order chi connectivity index (χ0) is 14.8. The van der Waals surface area contributed by atoms with Gasteiger partial charge in [0, 0.05) is 44.4 Å². The van der Waals surface area contributed by atoms with E-state index in [0.29, 0.717) is 5.92 Å². The van der Waals surface area contributed by atoms with Gasteiger partial charge in [-0.05, 0) is 37.0 Å². The standard InChI is InChI=1S/C16H18N6/c1-6-19-22(9-1)12-13-4-10-21(11-5-13)15-3-2-14-16(20-15)18-8-7-17-14/h1-3,6-9,13H,4-5,10-12H2. The fourth-order valence-electron chi connectivity index (χ4n) is 3.04. The highest BCUT2D eigenvalue weighted by Gasteiger charge is 2.20. The van der Waals surface area contributed by atoms with Crippen molar-refractivity contribution in [3.8, 4) is 0 Å². The van der Waals surface area contributed by atoms with Gasteiger partial charge in [0.05, 0.1) is 0 Å². The van der Waals surface area contributed by atoms with Crippen molar-refractivity contribution in [2.75, 3.05) is 18.0 Å². The molecule has 22 heavy (non-hydrogen) atoms. The lowest BCUT2D eigenvalue weighted by atomic mass is 9.97. The summed E-state index contributed by atoms with van der Waals surface area (Å²) in [4.78, 5) is 15.5. The Bertz CT molecular complexity index is 746. The van der Waals surface area contributed by atoms with Gasteiger partial charge in [-0.15, -0.1) is 0 Å². The molecule has 3 aromatic heterocycles. The van der Waals surface area contributed by atoms with Crippen molar-refractivity contribution in [3.63, 3.8) is 0 Å². The molecular weight excluding hydrogens is 276 g/mol. The minimum Gasteiger partial charge on any atom is -0.357 e. The second-order valence-electron chi connectivity index (χ2n) is 5.73. The van der Waals surface area contributed by atoms with E-state index in [1.165, 1.54) is 12.8 Å². The molecule has 0 saturated carbocycles. The van der Waals surface area contributed by atoms with Crippen LogP contribution in [0.25, 0.3) is 11.2 Å². The first-order chi connectivity index (χ1) is 10.9. The van der Waals surface area contributed by atoms with E-state index >= 15 is 0 Å². The Hall–Kier alpha value is -2.50. The summed E-state index contributed by atoms with van der Waals surface area (Å²) in [5, 5.41) is 4.30. The van der Waals surface area contributed by atoms with Crippen LogP contribution in [0.1, 0.15) is 12.8 Å². The monoisotopic (exact) mass is 294 g/mol. The molecule has 0 aromatic carbocycles. The molecule has 1 saturated heterocycles. The normalized spacial score (nSPS) is 16.3. The van der Waals surface area contributed by atoms with E-state index in [-0.39, 0.29) is 0 Å². The maximum absolute atomic E-state index is 4.63. The minimum atomic E-state index is 0.691. The van der Waals surface area contributed by atoms with Gasteiger partial charge < -0.3 is 4.90 Å². The third kappa shape index (κ3) is 2.64. The van der Waals surface area contributed by atoms with Gasteiger partial charge in [-0.25, -0.2) is 9.97 Å². The number of hydrogen-bond acceptors (Lipinski definition) is 5. The number of rotatable bonds is 3. The van der Waals surface area contributed by atoms with E-state index in [9.17, 15) is 0 Å². The molecule has 6 heteroatoms. The van der Waals surface area contributed by atoms with E-state index in [2.05, 4.69) is 25.0 Å². The summed E-state index contributed by atoms with van der Waals surface area (Å²) in [7, 11) is 0. The molecule has 1 aliphatic heterocycles. The Morgan fingerprint density at radius 1 is 1.05 bits per heavy atom. The molecule has 0 radical (unpaired) electrons. The number of anilines is 1. The Morgan fingerprint density at radius 2 is 1.91 bits per heavy atom. The van der Waals surface area contributed by atoms with Crippen molar-refractivity contribution in [3.05, 3.63) is 43.0 Å². The Morgan fingerprint density at radius 3 is 2.73 bits per heavy atom. The smallest absolute Gasteiger partial charge is 0.180 e. The van der Waals surface area contributed by atoms with Crippen molar-refractivity contribution in [1.29, 1.82) is 0 Å². The highest BCUT2D eigenvalue weighted by Crippen LogP contribution is 2.23. The number of aromatic nitrogens is 5. The number of fused-ring (bicyclic) bond motifs is 1. The second-order valence-corrected chi connectivity index (χ2v) is 5.73. The summed E-state index contributed by atoms with van der Waals surface area (Å²) in [6.45, 7) is 3.08. The Kier molecular flexibility index (Phi) is 3.42. The maximum atomic E-state index is 4.63. The number of hydrogen-bond donors (Lipinski definition) is 0. The maximum Gasteiger partial charge on any atom is 0.180 e. The van der Waals surface area contributed by atoms with E-state index in [0.717, 1.165) is 36.6 Å². The molecule has 1 fully saturated rings. The molecule has 3 aromatic rings. The highest BCUT2D eigenvalue weighted by molar-refractivity contribution is 5.71.